The molecule has 104 heavy (non-hydrogen) atoms. The number of unbranched alkanes of at least 4 members (excludes halogenated alkanes) is 1. The van der Waals surface area contributed by atoms with Gasteiger partial charge in [0, 0.05) is 26.1 Å². The molecule has 34 nitrogen and oxygen atoms in total. The van der Waals surface area contributed by atoms with E-state index in [0.717, 1.165) is 0 Å². The van der Waals surface area contributed by atoms with Crippen LogP contribution in [0.25, 0.3) is 0 Å². The highest BCUT2D eigenvalue weighted by molar-refractivity contribution is 9.09. The summed E-state index contributed by atoms with van der Waals surface area (Å²) in [5, 5.41) is 64.0. The zero-order valence-corrected chi connectivity index (χ0v) is 64.2. The number of hydrogen-bond acceptors (Lipinski definition) is 18. The van der Waals surface area contributed by atoms with Crippen LogP contribution in [0.4, 0.5) is 0 Å². The first-order chi connectivity index (χ1) is 48.6. The Morgan fingerprint density at radius 2 is 0.923 bits per heavy atom. The van der Waals surface area contributed by atoms with E-state index in [-0.39, 0.29) is 94.5 Å². The first-order valence-electron chi connectivity index (χ1n) is 36.2. The van der Waals surface area contributed by atoms with Gasteiger partial charge < -0.3 is 94.7 Å². The van der Waals surface area contributed by atoms with Gasteiger partial charge in [0.05, 0.1) is 30.8 Å². The summed E-state index contributed by atoms with van der Waals surface area (Å²) in [6.45, 7) is 20.9. The van der Waals surface area contributed by atoms with Gasteiger partial charge in [-0.3, -0.25) is 77.3 Å². The first kappa shape index (κ1) is 90.1. The van der Waals surface area contributed by atoms with Gasteiger partial charge in [0.2, 0.25) is 82.7 Å². The van der Waals surface area contributed by atoms with Gasteiger partial charge in [-0.25, -0.2) is 0 Å². The van der Waals surface area contributed by atoms with Crippen molar-refractivity contribution >= 4 is 110 Å². The van der Waals surface area contributed by atoms with Gasteiger partial charge in [0.1, 0.15) is 78.5 Å². The van der Waals surface area contributed by atoms with Crippen LogP contribution in [-0.4, -0.2) is 241 Å². The van der Waals surface area contributed by atoms with E-state index >= 15 is 0 Å². The number of carboxylic acids is 1. The Labute approximate surface area is 617 Å². The van der Waals surface area contributed by atoms with E-state index in [4.69, 9.17) is 16.9 Å². The number of aliphatic hydroxyl groups excluding tert-OH is 2. The Morgan fingerprint density at radius 1 is 0.490 bits per heavy atom. The van der Waals surface area contributed by atoms with Crippen molar-refractivity contribution in [3.63, 3.8) is 0 Å². The van der Waals surface area contributed by atoms with Gasteiger partial charge in [-0.15, -0.1) is 0 Å². The molecule has 0 aromatic rings. The van der Waals surface area contributed by atoms with Crippen molar-refractivity contribution < 1.29 is 87.2 Å². The summed E-state index contributed by atoms with van der Waals surface area (Å²) >= 11 is 3.06. The second kappa shape index (κ2) is 42.2. The van der Waals surface area contributed by atoms with Crippen LogP contribution in [0.2, 0.25) is 0 Å². The predicted octanol–water partition coefficient (Wildman–Crippen LogP) is -1.33. The molecule has 0 saturated carbocycles. The maximum Gasteiger partial charge on any atom is 0.305 e. The molecule has 3 aliphatic heterocycles. The summed E-state index contributed by atoms with van der Waals surface area (Å²) < 4.78 is 0. The van der Waals surface area contributed by atoms with Crippen LogP contribution in [0.1, 0.15) is 193 Å². The fourth-order valence-corrected chi connectivity index (χ4v) is 12.8. The number of halogens is 1. The van der Waals surface area contributed by atoms with Gasteiger partial charge in [0.15, 0.2) is 0 Å². The van der Waals surface area contributed by atoms with Crippen molar-refractivity contribution in [1.82, 2.24) is 67.9 Å². The lowest BCUT2D eigenvalue weighted by Crippen LogP contribution is -2.63. The lowest BCUT2D eigenvalue weighted by Gasteiger charge is -2.36. The predicted molar refractivity (Wildman–Crippen MR) is 385 cm³/mol. The molecule has 0 bridgehead atoms. The second-order valence-electron chi connectivity index (χ2n) is 29.9. The number of rotatable bonds is 41. The number of carboxylic acid groups (broad SMARTS) is 1. The van der Waals surface area contributed by atoms with E-state index < -0.39 is 210 Å². The number of aliphatic carboxylic acids is 1. The van der Waals surface area contributed by atoms with Gasteiger partial charge >= 0.3 is 5.97 Å². The number of aliphatic hydroxyl groups is 2. The lowest BCUT2D eigenvalue weighted by molar-refractivity contribution is -0.148. The van der Waals surface area contributed by atoms with E-state index in [2.05, 4.69) is 69.1 Å². The van der Waals surface area contributed by atoms with Crippen LogP contribution < -0.4 is 64.6 Å². The molecule has 3 saturated heterocycles. The topological polar surface area (TPSA) is 523 Å². The Kier molecular flexibility index (Phi) is 36.5. The fourth-order valence-electron chi connectivity index (χ4n) is 12.7. The number of primary amides is 1. The van der Waals surface area contributed by atoms with Crippen LogP contribution in [0, 0.1) is 34.0 Å². The highest BCUT2D eigenvalue weighted by Gasteiger charge is 2.48. The van der Waals surface area contributed by atoms with Crippen LogP contribution >= 0.6 is 15.9 Å². The van der Waals surface area contributed by atoms with Crippen LogP contribution in [0.3, 0.4) is 0 Å². The Balaban J connectivity index is 1.85. The molecule has 16 atom stereocenters. The normalized spacial score (nSPS) is 19.8. The van der Waals surface area contributed by atoms with Gasteiger partial charge in [-0.2, -0.15) is 0 Å². The quantitative estimate of drug-likeness (QED) is 0.0146. The molecule has 0 aromatic heterocycles. The summed E-state index contributed by atoms with van der Waals surface area (Å²) in [5.74, 6) is -13.9. The van der Waals surface area contributed by atoms with Gasteiger partial charge in [0.25, 0.3) is 0 Å². The molecule has 0 radical (unpaired) electrons. The average molecular weight is 1540 g/mol. The van der Waals surface area contributed by atoms with Crippen molar-refractivity contribution in [1.29, 1.82) is 5.41 Å². The van der Waals surface area contributed by atoms with Crippen molar-refractivity contribution in [2.24, 2.45) is 40.1 Å². The van der Waals surface area contributed by atoms with Crippen molar-refractivity contribution in [3.05, 3.63) is 0 Å². The maximum atomic E-state index is 14.9. The minimum atomic E-state index is -1.75. The van der Waals surface area contributed by atoms with E-state index in [0.29, 0.717) is 38.5 Å². The Hall–Kier alpha value is -8.08. The number of nitrogens with two attached hydrogens (primary N) is 2. The summed E-state index contributed by atoms with van der Waals surface area (Å²) in [5.41, 5.74) is 9.25. The molecule has 3 fully saturated rings. The number of hydrogen-bond donors (Lipinski definition) is 16. The minimum absolute atomic E-state index is 0.0138. The molecule has 0 spiro atoms. The molecule has 588 valence electrons. The zero-order valence-electron chi connectivity index (χ0n) is 62.6. The molecule has 18 N–H and O–H groups in total. The molecule has 35 heteroatoms. The molecule has 3 heterocycles. The number of likely N-dealkylation sites (tertiary alicyclic amines) is 3. The van der Waals surface area contributed by atoms with E-state index in [1.54, 1.807) is 83.1 Å². The standard InChI is InChI=1S/C69H117BrN16O18/c1-14-36(5)51(80-49(89)33-70)62(99)74-39(17-4)56(93)78-43(34-87)58(95)75-40(23-18-19-27-48(71)72)57(94)79-44(35-88)59(96)77-42(32-68(8,9)10)65(102)86-30-22-26-47(86)66(103)84-28-20-25-46(84)61(98)81-52(37(6)15-2)63(100)83-54(69(11,12)13)64(101)82-53(38(7)16-3)67(104)85-29-21-24-45(85)60(97)76-41(55(73)92)31-50(90)91/h36-47,51-54,87-88H,14-35H2,1-13H3,(H3,71,72)(H2,73,92)(H,74,99)(H,75,95)(H,76,97)(H,77,96)(H,78,93)(H,79,94)(H,80,89)(H,81,98)(H,82,101)(H,83,100)(H,90,91)/t36-,37-,38-,39-,40-,41-,42-,43-,44-,45-,46-,47-,51-,52-,53-,54+/m0/s1. The molecule has 14 amide bonds. The second-order valence-corrected chi connectivity index (χ2v) is 30.4. The summed E-state index contributed by atoms with van der Waals surface area (Å²) in [4.78, 5) is 211. The first-order valence-corrected chi connectivity index (χ1v) is 37.3. The molecule has 0 unspecified atom stereocenters. The number of alkyl halides is 1. The number of nitrogens with one attached hydrogen (secondary N) is 11. The SMILES string of the molecule is CC[C@H](NC(=O)[C@@H](NC(=O)CBr)[C@@H](C)CC)C(=O)N[C@@H](CO)C(=O)N[C@@H](CCCCC(=N)N)C(=O)N[C@@H](CO)C(=O)N[C@@H](CC(C)(C)C)C(=O)N1CCC[C@H]1C(=O)N1CCC[C@H]1C(=O)N[C@H](C(=O)N[C@H](C(=O)N[C@H](C(=O)N1CCC[C@H]1C(=O)N[C@@H](CC(=O)O)C(N)=O)[C@@H](C)CC)C(C)(C)C)[C@@H](C)CC. The molecule has 3 aliphatic rings. The van der Waals surface area contributed by atoms with E-state index in [1.807, 2.05) is 6.92 Å². The largest absolute Gasteiger partial charge is 0.481 e. The molecular formula is C69H117BrN16O18. The van der Waals surface area contributed by atoms with Crippen LogP contribution in [0.15, 0.2) is 0 Å². The van der Waals surface area contributed by atoms with Crippen LogP contribution in [0.5, 0.6) is 0 Å². The molecule has 0 aromatic carbocycles. The van der Waals surface area contributed by atoms with Crippen molar-refractivity contribution in [3.8, 4) is 0 Å². The minimum Gasteiger partial charge on any atom is -0.481 e. The molecule has 3 rings (SSSR count). The third kappa shape index (κ3) is 26.8. The number of nitrogens with zero attached hydrogens (tertiary/aromatic N) is 3. The van der Waals surface area contributed by atoms with Crippen molar-refractivity contribution in [2.75, 3.05) is 38.2 Å². The molecule has 0 aliphatic carbocycles. The van der Waals surface area contributed by atoms with Gasteiger partial charge in [-0.05, 0) is 92.8 Å². The lowest BCUT2D eigenvalue weighted by atomic mass is 9.84. The van der Waals surface area contributed by atoms with E-state index in [9.17, 15) is 87.2 Å². The Morgan fingerprint density at radius 3 is 1.39 bits per heavy atom. The summed E-state index contributed by atoms with van der Waals surface area (Å²) in [6, 6.07) is -17.2. The number of carbonyl (C=O) groups is 15. The van der Waals surface area contributed by atoms with Crippen LogP contribution in [-0.2, 0) is 71.9 Å². The zero-order chi connectivity index (χ0) is 78.8. The highest BCUT2D eigenvalue weighted by atomic mass is 79.9. The number of carbonyl (C=O) groups excluding carboxylic acids is 14. The summed E-state index contributed by atoms with van der Waals surface area (Å²) in [6.07, 6.45) is 2.55. The van der Waals surface area contributed by atoms with Gasteiger partial charge in [-0.1, -0.05) is 132 Å². The number of amides is 14. The maximum absolute atomic E-state index is 14.9. The smallest absolute Gasteiger partial charge is 0.305 e. The summed E-state index contributed by atoms with van der Waals surface area (Å²) in [7, 11) is 0. The highest BCUT2D eigenvalue weighted by Crippen LogP contribution is 2.30. The Bertz CT molecular complexity index is 3060. The monoisotopic (exact) mass is 1540 g/mol. The number of amidine groups is 1. The van der Waals surface area contributed by atoms with E-state index in [1.165, 1.54) is 14.7 Å². The molecular weight excluding hydrogens is 1420 g/mol. The van der Waals surface area contributed by atoms with Crippen molar-refractivity contribution in [2.45, 2.75) is 271 Å². The third-order valence-corrected chi connectivity index (χ3v) is 19.9. The fraction of sp³-hybridized carbons (Fsp3) is 0.768. The average Bonchev–Trinajstić information content (AvgIpc) is 1.61. The third-order valence-electron chi connectivity index (χ3n) is 19.4.